The molecule has 0 spiro atoms. The first-order valence-corrected chi connectivity index (χ1v) is 16.2. The Morgan fingerprint density at radius 1 is 1.00 bits per heavy atom. The Morgan fingerprint density at radius 3 is 2.50 bits per heavy atom. The van der Waals surface area contributed by atoms with Crippen LogP contribution in [0.15, 0.2) is 60.9 Å². The molecule has 0 saturated heterocycles. The van der Waals surface area contributed by atoms with Gasteiger partial charge in [-0.05, 0) is 86.3 Å². The van der Waals surface area contributed by atoms with Crippen LogP contribution in [0.2, 0.25) is 0 Å². The van der Waals surface area contributed by atoms with E-state index in [9.17, 15) is 25.2 Å². The number of carbonyl (C=O) groups excluding carboxylic acids is 1. The number of aliphatic hydroxyl groups is 5. The molecule has 6 N–H and O–H groups in total. The number of ether oxygens (including phenoxy) is 2. The summed E-state index contributed by atoms with van der Waals surface area (Å²) in [5.41, 5.74) is 6.33. The molecule has 2 saturated carbocycles. The minimum absolute atomic E-state index is 0.247. The van der Waals surface area contributed by atoms with Crippen molar-refractivity contribution >= 4 is 5.91 Å². The van der Waals surface area contributed by atoms with Crippen molar-refractivity contribution in [1.82, 2.24) is 10.3 Å². The van der Waals surface area contributed by atoms with E-state index in [-0.39, 0.29) is 24.5 Å². The van der Waals surface area contributed by atoms with Crippen molar-refractivity contribution in [3.63, 3.8) is 0 Å². The van der Waals surface area contributed by atoms with E-state index in [1.54, 1.807) is 0 Å². The second-order valence-electron chi connectivity index (χ2n) is 12.6. The maximum atomic E-state index is 12.2. The lowest BCUT2D eigenvalue weighted by atomic mass is 9.96. The topological polar surface area (TPSA) is 162 Å². The summed E-state index contributed by atoms with van der Waals surface area (Å²) in [4.78, 5) is 16.7. The first-order chi connectivity index (χ1) is 22.2. The number of nitrogens with one attached hydrogen (secondary N) is 1. The Hall–Kier alpha value is -3.38. The zero-order chi connectivity index (χ0) is 32.7. The minimum atomic E-state index is -1.72. The van der Waals surface area contributed by atoms with Gasteiger partial charge in [-0.2, -0.15) is 0 Å². The monoisotopic (exact) mass is 634 g/mol. The number of rotatable bonds is 18. The molecule has 2 aliphatic rings. The lowest BCUT2D eigenvalue weighted by Gasteiger charge is -2.25. The van der Waals surface area contributed by atoms with Gasteiger partial charge in [0.25, 0.3) is 0 Å². The lowest BCUT2D eigenvalue weighted by Crippen LogP contribution is -2.49. The SMILES string of the molecule is Cc1ccc(CCCCC(=O)NC[C@@H](O)[C@H](O)[C@@H](O)[C@@H](O)CO)cc1COC1(c2cnccc2-c2ccccc2OC2CC2)CC1. The van der Waals surface area contributed by atoms with Gasteiger partial charge in [0.1, 0.15) is 24.1 Å². The minimum Gasteiger partial charge on any atom is -0.490 e. The zero-order valence-electron chi connectivity index (χ0n) is 26.3. The number of aryl methyl sites for hydroxylation is 2. The molecule has 1 heterocycles. The van der Waals surface area contributed by atoms with Crippen molar-refractivity contribution in [2.75, 3.05) is 13.2 Å². The molecule has 4 atom stereocenters. The molecular formula is C36H46N2O8. The summed E-state index contributed by atoms with van der Waals surface area (Å²) in [5.74, 6) is 0.619. The number of para-hydroxylation sites is 1. The molecule has 0 bridgehead atoms. The molecule has 0 radical (unpaired) electrons. The van der Waals surface area contributed by atoms with Crippen LogP contribution in [0.5, 0.6) is 5.75 Å². The number of aromatic nitrogens is 1. The zero-order valence-corrected chi connectivity index (χ0v) is 26.3. The molecule has 5 rings (SSSR count). The van der Waals surface area contributed by atoms with Crippen LogP contribution in [0.3, 0.4) is 0 Å². The highest BCUT2D eigenvalue weighted by molar-refractivity contribution is 5.76. The highest BCUT2D eigenvalue weighted by atomic mass is 16.5. The number of benzene rings is 2. The van der Waals surface area contributed by atoms with E-state index < -0.39 is 31.0 Å². The largest absolute Gasteiger partial charge is 0.490 e. The molecule has 46 heavy (non-hydrogen) atoms. The molecule has 3 aromatic rings. The van der Waals surface area contributed by atoms with E-state index in [0.29, 0.717) is 19.1 Å². The Morgan fingerprint density at radius 2 is 1.76 bits per heavy atom. The molecule has 10 nitrogen and oxygen atoms in total. The number of carbonyl (C=O) groups is 1. The smallest absolute Gasteiger partial charge is 0.220 e. The lowest BCUT2D eigenvalue weighted by molar-refractivity contribution is -0.126. The number of amides is 1. The van der Waals surface area contributed by atoms with Crippen LogP contribution in [0.1, 0.15) is 67.2 Å². The van der Waals surface area contributed by atoms with Crippen molar-refractivity contribution in [3.8, 4) is 16.9 Å². The van der Waals surface area contributed by atoms with Crippen molar-refractivity contribution in [3.05, 3.63) is 83.2 Å². The molecular weight excluding hydrogens is 588 g/mol. The van der Waals surface area contributed by atoms with Gasteiger partial charge in [0, 0.05) is 36.5 Å². The predicted octanol–water partition coefficient (Wildman–Crippen LogP) is 3.07. The Bertz CT molecular complexity index is 1460. The van der Waals surface area contributed by atoms with Crippen molar-refractivity contribution < 1.29 is 39.8 Å². The van der Waals surface area contributed by atoms with Crippen LogP contribution in [-0.2, 0) is 28.2 Å². The van der Waals surface area contributed by atoms with Gasteiger partial charge in [0.15, 0.2) is 0 Å². The molecule has 0 unspecified atom stereocenters. The third-order valence-corrected chi connectivity index (χ3v) is 8.88. The maximum Gasteiger partial charge on any atom is 0.220 e. The van der Waals surface area contributed by atoms with Crippen molar-refractivity contribution in [2.24, 2.45) is 0 Å². The summed E-state index contributed by atoms with van der Waals surface area (Å²) in [6, 6.07) is 16.6. The quantitative estimate of drug-likeness (QED) is 0.116. The van der Waals surface area contributed by atoms with Gasteiger partial charge in [-0.3, -0.25) is 9.78 Å². The fourth-order valence-corrected chi connectivity index (χ4v) is 5.61. The van der Waals surface area contributed by atoms with Gasteiger partial charge in [-0.15, -0.1) is 0 Å². The Kier molecular flexibility index (Phi) is 11.4. The number of aliphatic hydroxyl groups excluding tert-OH is 5. The van der Waals surface area contributed by atoms with E-state index in [2.05, 4.69) is 47.6 Å². The number of nitrogens with zero attached hydrogens (tertiary/aromatic N) is 1. The van der Waals surface area contributed by atoms with Crippen LogP contribution in [0.4, 0.5) is 0 Å². The molecule has 248 valence electrons. The van der Waals surface area contributed by atoms with Crippen LogP contribution < -0.4 is 10.1 Å². The van der Waals surface area contributed by atoms with Gasteiger partial charge in [0.05, 0.1) is 31.0 Å². The van der Waals surface area contributed by atoms with E-state index in [0.717, 1.165) is 77.7 Å². The molecule has 1 amide bonds. The van der Waals surface area contributed by atoms with Gasteiger partial charge < -0.3 is 40.3 Å². The van der Waals surface area contributed by atoms with Crippen molar-refractivity contribution in [1.29, 1.82) is 0 Å². The Labute approximate surface area is 270 Å². The third kappa shape index (κ3) is 8.70. The maximum absolute atomic E-state index is 12.2. The molecule has 2 fully saturated rings. The number of hydrogen-bond acceptors (Lipinski definition) is 9. The highest BCUT2D eigenvalue weighted by Crippen LogP contribution is 2.53. The first-order valence-electron chi connectivity index (χ1n) is 16.2. The van der Waals surface area contributed by atoms with Gasteiger partial charge >= 0.3 is 0 Å². The van der Waals surface area contributed by atoms with E-state index in [1.165, 1.54) is 0 Å². The van der Waals surface area contributed by atoms with Crippen molar-refractivity contribution in [2.45, 2.75) is 101 Å². The molecule has 2 aromatic carbocycles. The van der Waals surface area contributed by atoms with Crippen LogP contribution in [0, 0.1) is 6.92 Å². The molecule has 0 aliphatic heterocycles. The fourth-order valence-electron chi connectivity index (χ4n) is 5.61. The van der Waals surface area contributed by atoms with Gasteiger partial charge in [-0.25, -0.2) is 0 Å². The average molecular weight is 635 g/mol. The standard InChI is InChI=1S/C36H46N2O8/c1-23-10-11-24(6-2-5-9-33(42)38-20-30(40)34(43)35(44)31(41)21-39)18-25(23)22-45-36(15-16-36)29-19-37-17-14-27(29)28-7-3-4-8-32(28)46-26-12-13-26/h3-4,7-8,10-11,14,17-19,26,30-31,34-35,39-41,43-44H,2,5-6,9,12-13,15-16,20-22H2,1H3,(H,38,42)/t30-,31+,34+,35+/m1/s1. The second kappa shape index (κ2) is 15.5. The highest BCUT2D eigenvalue weighted by Gasteiger charge is 2.47. The third-order valence-electron chi connectivity index (χ3n) is 8.88. The van der Waals surface area contributed by atoms with Crippen LogP contribution in [-0.4, -0.2) is 80.1 Å². The molecule has 1 aromatic heterocycles. The molecule has 2 aliphatic carbocycles. The van der Waals surface area contributed by atoms with E-state index >= 15 is 0 Å². The summed E-state index contributed by atoms with van der Waals surface area (Å²) in [6.07, 6.45) is 4.09. The van der Waals surface area contributed by atoms with E-state index in [1.807, 2.05) is 30.6 Å². The number of unbranched alkanes of at least 4 members (excludes halogenated alkanes) is 1. The fraction of sp³-hybridized carbons (Fsp3) is 0.500. The number of pyridine rings is 1. The summed E-state index contributed by atoms with van der Waals surface area (Å²) in [5, 5.41) is 50.4. The van der Waals surface area contributed by atoms with Crippen LogP contribution in [0.25, 0.3) is 11.1 Å². The summed E-state index contributed by atoms with van der Waals surface area (Å²) in [7, 11) is 0. The number of hydrogen-bond donors (Lipinski definition) is 6. The first kappa shape index (κ1) is 34.0. The average Bonchev–Trinajstić information content (AvgIpc) is 4.02. The predicted molar refractivity (Wildman–Crippen MR) is 172 cm³/mol. The van der Waals surface area contributed by atoms with Gasteiger partial charge in [-0.1, -0.05) is 36.4 Å². The molecule has 10 heteroatoms. The summed E-state index contributed by atoms with van der Waals surface area (Å²) < 4.78 is 12.9. The summed E-state index contributed by atoms with van der Waals surface area (Å²) >= 11 is 0. The Balaban J connectivity index is 1.12. The normalized spacial score (nSPS) is 18.0. The van der Waals surface area contributed by atoms with Gasteiger partial charge in [0.2, 0.25) is 5.91 Å². The summed E-state index contributed by atoms with van der Waals surface area (Å²) in [6.45, 7) is 1.53. The van der Waals surface area contributed by atoms with E-state index in [4.69, 9.17) is 14.6 Å². The van der Waals surface area contributed by atoms with Crippen LogP contribution >= 0.6 is 0 Å². The second-order valence-corrected chi connectivity index (χ2v) is 12.6.